The van der Waals surface area contributed by atoms with Crippen LogP contribution in [-0.2, 0) is 6.42 Å². The molecule has 0 radical (unpaired) electrons. The zero-order valence-electron chi connectivity index (χ0n) is 12.2. The number of aromatic nitrogens is 1. The van der Waals surface area contributed by atoms with Gasteiger partial charge in [-0.05, 0) is 62.4 Å². The second-order valence-corrected chi connectivity index (χ2v) is 5.00. The van der Waals surface area contributed by atoms with Crippen molar-refractivity contribution in [2.75, 3.05) is 0 Å². The van der Waals surface area contributed by atoms with E-state index in [1.54, 1.807) is 12.4 Å². The molecule has 0 saturated heterocycles. The molecule has 0 aliphatic carbocycles. The number of allylic oxidation sites excluding steroid dienone is 2. The number of hydrogen-bond donors (Lipinski definition) is 1. The topological polar surface area (TPSA) is 51.3 Å². The van der Waals surface area contributed by atoms with Gasteiger partial charge >= 0.3 is 0 Å². The van der Waals surface area contributed by atoms with Crippen molar-refractivity contribution in [2.45, 2.75) is 44.6 Å². The lowest BCUT2D eigenvalue weighted by Gasteiger charge is -2.11. The van der Waals surface area contributed by atoms with Crippen molar-refractivity contribution in [2.24, 2.45) is 10.7 Å². The van der Waals surface area contributed by atoms with Gasteiger partial charge in [0.05, 0.1) is 0 Å². The van der Waals surface area contributed by atoms with Gasteiger partial charge in [0.1, 0.15) is 0 Å². The lowest BCUT2D eigenvalue weighted by atomic mass is 10.0. The van der Waals surface area contributed by atoms with Gasteiger partial charge in [0.15, 0.2) is 0 Å². The minimum absolute atomic E-state index is 0.273. The molecule has 0 fully saturated rings. The molecule has 3 nitrogen and oxygen atoms in total. The summed E-state index contributed by atoms with van der Waals surface area (Å²) < 4.78 is 0. The van der Waals surface area contributed by atoms with Crippen LogP contribution < -0.4 is 5.73 Å². The van der Waals surface area contributed by atoms with Crippen LogP contribution in [0.4, 0.5) is 0 Å². The standard InChI is InChI=1S/C17H25N3/c1-3-15(13-19-2)7-4-10-17(18)11-5-8-16-9-6-12-20-14-16/h3,6,9,12-14,17H,1-2,4-5,7-8,10-11,18H2/b15-13+. The molecule has 2 N–H and O–H groups in total. The Bertz CT molecular complexity index is 423. The van der Waals surface area contributed by atoms with Crippen LogP contribution in [0.3, 0.4) is 0 Å². The molecule has 1 aromatic heterocycles. The fourth-order valence-electron chi connectivity index (χ4n) is 2.16. The Balaban J connectivity index is 2.14. The Hall–Kier alpha value is -1.74. The number of nitrogens with zero attached hydrogens (tertiary/aromatic N) is 2. The molecule has 0 amide bonds. The van der Waals surface area contributed by atoms with Crippen molar-refractivity contribution >= 4 is 6.72 Å². The molecule has 0 aromatic carbocycles. The van der Waals surface area contributed by atoms with Gasteiger partial charge in [-0.2, -0.15) is 0 Å². The first-order valence-corrected chi connectivity index (χ1v) is 7.18. The second-order valence-electron chi connectivity index (χ2n) is 5.00. The first-order valence-electron chi connectivity index (χ1n) is 7.18. The zero-order chi connectivity index (χ0) is 14.6. The highest BCUT2D eigenvalue weighted by molar-refractivity contribution is 5.28. The predicted octanol–water partition coefficient (Wildman–Crippen LogP) is 3.67. The van der Waals surface area contributed by atoms with E-state index in [0.717, 1.165) is 44.1 Å². The van der Waals surface area contributed by atoms with E-state index < -0.39 is 0 Å². The van der Waals surface area contributed by atoms with Crippen molar-refractivity contribution in [3.05, 3.63) is 54.5 Å². The largest absolute Gasteiger partial charge is 0.328 e. The smallest absolute Gasteiger partial charge is 0.0299 e. The van der Waals surface area contributed by atoms with E-state index >= 15 is 0 Å². The molecule has 0 bridgehead atoms. The van der Waals surface area contributed by atoms with E-state index in [9.17, 15) is 0 Å². The maximum absolute atomic E-state index is 6.14. The molecule has 3 heteroatoms. The highest BCUT2D eigenvalue weighted by atomic mass is 14.6. The van der Waals surface area contributed by atoms with Crippen LogP contribution in [0, 0.1) is 0 Å². The fraction of sp³-hybridized carbons (Fsp3) is 0.412. The SMILES string of the molecule is C=C/C(=C\N=C)CCCC(N)CCCc1cccnc1. The van der Waals surface area contributed by atoms with E-state index in [1.807, 2.05) is 18.3 Å². The molecule has 1 aromatic rings. The minimum atomic E-state index is 0.273. The summed E-state index contributed by atoms with van der Waals surface area (Å²) in [5.41, 5.74) is 8.56. The third-order valence-corrected chi connectivity index (χ3v) is 3.32. The molecule has 1 atom stereocenters. The third kappa shape index (κ3) is 7.00. The first-order chi connectivity index (χ1) is 9.76. The number of nitrogens with two attached hydrogens (primary N) is 1. The normalized spacial score (nSPS) is 12.9. The maximum Gasteiger partial charge on any atom is 0.0299 e. The summed E-state index contributed by atoms with van der Waals surface area (Å²) in [6.45, 7) is 7.22. The molecule has 0 saturated carbocycles. The van der Waals surface area contributed by atoms with Gasteiger partial charge in [0, 0.05) is 24.6 Å². The van der Waals surface area contributed by atoms with Gasteiger partial charge in [0.2, 0.25) is 0 Å². The van der Waals surface area contributed by atoms with Crippen molar-refractivity contribution in [3.8, 4) is 0 Å². The Morgan fingerprint density at radius 1 is 1.40 bits per heavy atom. The van der Waals surface area contributed by atoms with Crippen LogP contribution in [0.2, 0.25) is 0 Å². The number of pyridine rings is 1. The molecule has 1 unspecified atom stereocenters. The second kappa shape index (κ2) is 10.1. The van der Waals surface area contributed by atoms with Crippen molar-refractivity contribution in [1.82, 2.24) is 4.98 Å². The summed E-state index contributed by atoms with van der Waals surface area (Å²) in [6, 6.07) is 4.36. The van der Waals surface area contributed by atoms with Gasteiger partial charge in [-0.15, -0.1) is 0 Å². The maximum atomic E-state index is 6.14. The third-order valence-electron chi connectivity index (χ3n) is 3.32. The molecule has 0 aliphatic rings. The van der Waals surface area contributed by atoms with E-state index in [4.69, 9.17) is 5.73 Å². The lowest BCUT2D eigenvalue weighted by molar-refractivity contribution is 0.527. The van der Waals surface area contributed by atoms with Crippen LogP contribution in [0.15, 0.2) is 53.9 Å². The van der Waals surface area contributed by atoms with Crippen LogP contribution in [0.5, 0.6) is 0 Å². The summed E-state index contributed by atoms with van der Waals surface area (Å²) in [6.07, 6.45) is 13.6. The average molecular weight is 271 g/mol. The first kappa shape index (κ1) is 16.3. The molecule has 1 rings (SSSR count). The Morgan fingerprint density at radius 3 is 2.85 bits per heavy atom. The van der Waals surface area contributed by atoms with E-state index in [0.29, 0.717) is 0 Å². The predicted molar refractivity (Wildman–Crippen MR) is 86.8 cm³/mol. The monoisotopic (exact) mass is 271 g/mol. The summed E-state index contributed by atoms with van der Waals surface area (Å²) >= 11 is 0. The molecule has 0 spiro atoms. The Kier molecular flexibility index (Phi) is 8.24. The summed E-state index contributed by atoms with van der Waals surface area (Å²) in [7, 11) is 0. The van der Waals surface area contributed by atoms with Gasteiger partial charge in [-0.25, -0.2) is 0 Å². The molecular weight excluding hydrogens is 246 g/mol. The molecule has 20 heavy (non-hydrogen) atoms. The molecule has 108 valence electrons. The molecular formula is C17H25N3. The zero-order valence-corrected chi connectivity index (χ0v) is 12.2. The van der Waals surface area contributed by atoms with E-state index in [-0.39, 0.29) is 6.04 Å². The van der Waals surface area contributed by atoms with E-state index in [2.05, 4.69) is 29.3 Å². The highest BCUT2D eigenvalue weighted by Crippen LogP contribution is 2.12. The molecule has 0 aliphatic heterocycles. The van der Waals surface area contributed by atoms with Gasteiger partial charge in [-0.1, -0.05) is 18.7 Å². The quantitative estimate of drug-likeness (QED) is 0.521. The number of hydrogen-bond acceptors (Lipinski definition) is 3. The molecule has 1 heterocycles. The van der Waals surface area contributed by atoms with Crippen LogP contribution >= 0.6 is 0 Å². The van der Waals surface area contributed by atoms with Crippen LogP contribution in [-0.4, -0.2) is 17.7 Å². The van der Waals surface area contributed by atoms with Gasteiger partial charge in [0.25, 0.3) is 0 Å². The fourth-order valence-corrected chi connectivity index (χ4v) is 2.16. The van der Waals surface area contributed by atoms with Crippen LogP contribution in [0.1, 0.15) is 37.7 Å². The van der Waals surface area contributed by atoms with Crippen molar-refractivity contribution in [3.63, 3.8) is 0 Å². The highest BCUT2D eigenvalue weighted by Gasteiger charge is 2.03. The number of rotatable bonds is 10. The number of aliphatic imine (C=N–C) groups is 1. The summed E-state index contributed by atoms with van der Waals surface area (Å²) in [5.74, 6) is 0. The van der Waals surface area contributed by atoms with Gasteiger partial charge in [-0.3, -0.25) is 9.98 Å². The van der Waals surface area contributed by atoms with Crippen LogP contribution in [0.25, 0.3) is 0 Å². The Morgan fingerprint density at radius 2 is 2.20 bits per heavy atom. The van der Waals surface area contributed by atoms with E-state index in [1.165, 1.54) is 5.56 Å². The summed E-state index contributed by atoms with van der Waals surface area (Å²) in [4.78, 5) is 7.88. The summed E-state index contributed by atoms with van der Waals surface area (Å²) in [5, 5.41) is 0. The van der Waals surface area contributed by atoms with Crippen molar-refractivity contribution in [1.29, 1.82) is 0 Å². The van der Waals surface area contributed by atoms with Gasteiger partial charge < -0.3 is 5.73 Å². The minimum Gasteiger partial charge on any atom is -0.328 e. The average Bonchev–Trinajstić information content (AvgIpc) is 2.47. The Labute approximate surface area is 122 Å². The number of aryl methyl sites for hydroxylation is 1. The van der Waals surface area contributed by atoms with Crippen molar-refractivity contribution < 1.29 is 0 Å². The lowest BCUT2D eigenvalue weighted by Crippen LogP contribution is -2.19.